The van der Waals surface area contributed by atoms with E-state index < -0.39 is 0 Å². The van der Waals surface area contributed by atoms with Crippen LogP contribution >= 0.6 is 0 Å². The number of H-pyrrole nitrogens is 1. The summed E-state index contributed by atoms with van der Waals surface area (Å²) in [4.78, 5) is 13.1. The zero-order valence-corrected chi connectivity index (χ0v) is 7.35. The van der Waals surface area contributed by atoms with Gasteiger partial charge in [-0.15, -0.1) is 0 Å². The maximum Gasteiger partial charge on any atom is 0.247 e. The molecular formula is C9H15NO. The maximum atomic E-state index is 10.5. The van der Waals surface area contributed by atoms with Gasteiger partial charge in [-0.2, -0.15) is 0 Å². The first-order valence-corrected chi connectivity index (χ1v) is 4.00. The molecule has 1 N–H and O–H groups in total. The Hall–Kier alpha value is -1.05. The Kier molecular flexibility index (Phi) is 5.17. The topological polar surface area (TPSA) is 32.9 Å². The lowest BCUT2D eigenvalue weighted by atomic mass is 10.2. The van der Waals surface area contributed by atoms with Gasteiger partial charge in [-0.25, -0.2) is 0 Å². The molecule has 0 saturated heterocycles. The quantitative estimate of drug-likeness (QED) is 0.657. The van der Waals surface area contributed by atoms with E-state index in [1.807, 2.05) is 26.8 Å². The van der Waals surface area contributed by atoms with Gasteiger partial charge < -0.3 is 4.98 Å². The number of aromatic amines is 1. The molecule has 0 aromatic carbocycles. The van der Waals surface area contributed by atoms with E-state index >= 15 is 0 Å². The van der Waals surface area contributed by atoms with E-state index in [1.165, 1.54) is 0 Å². The van der Waals surface area contributed by atoms with Crippen LogP contribution < -0.4 is 5.56 Å². The molecule has 0 unspecified atom stereocenters. The van der Waals surface area contributed by atoms with Crippen LogP contribution in [0.4, 0.5) is 0 Å². The summed E-state index contributed by atoms with van der Waals surface area (Å²) in [5, 5.41) is 0. The second-order valence-electron chi connectivity index (χ2n) is 1.91. The van der Waals surface area contributed by atoms with Gasteiger partial charge in [-0.05, 0) is 12.0 Å². The minimum atomic E-state index is -0.0350. The summed E-state index contributed by atoms with van der Waals surface area (Å²) in [6, 6.07) is 3.37. The van der Waals surface area contributed by atoms with Crippen LogP contribution in [-0.2, 0) is 6.42 Å². The van der Waals surface area contributed by atoms with Crippen LogP contribution in [0, 0.1) is 0 Å². The molecule has 2 nitrogen and oxygen atoms in total. The molecule has 0 radical (unpaired) electrons. The fraction of sp³-hybridized carbons (Fsp3) is 0.444. The predicted molar refractivity (Wildman–Crippen MR) is 47.8 cm³/mol. The third kappa shape index (κ3) is 3.61. The van der Waals surface area contributed by atoms with Gasteiger partial charge in [0.25, 0.3) is 0 Å². The summed E-state index contributed by atoms with van der Waals surface area (Å²) in [6.45, 7) is 6.05. The standard InChI is InChI=1S/C7H9NO.C2H6/c1-2-6-3-4-7(9)8-5-6;1-2/h3-5H,2H2,1H3,(H,8,9);1-2H3. The van der Waals surface area contributed by atoms with Crippen LogP contribution in [0.2, 0.25) is 0 Å². The third-order valence-electron chi connectivity index (χ3n) is 1.26. The van der Waals surface area contributed by atoms with E-state index in [0.29, 0.717) is 0 Å². The van der Waals surface area contributed by atoms with Crippen molar-refractivity contribution in [1.82, 2.24) is 4.98 Å². The van der Waals surface area contributed by atoms with Crippen molar-refractivity contribution in [3.8, 4) is 0 Å². The Morgan fingerprint density at radius 3 is 2.36 bits per heavy atom. The van der Waals surface area contributed by atoms with Crippen LogP contribution in [0.15, 0.2) is 23.1 Å². The van der Waals surface area contributed by atoms with Crippen molar-refractivity contribution in [3.05, 3.63) is 34.2 Å². The molecular weight excluding hydrogens is 138 g/mol. The van der Waals surface area contributed by atoms with Gasteiger partial charge in [-0.1, -0.05) is 26.8 Å². The fourth-order valence-corrected chi connectivity index (χ4v) is 0.663. The predicted octanol–water partition coefficient (Wildman–Crippen LogP) is 1.96. The highest BCUT2D eigenvalue weighted by Gasteiger charge is 1.84. The fourth-order valence-electron chi connectivity index (χ4n) is 0.663. The summed E-state index contributed by atoms with van der Waals surface area (Å²) in [6.07, 6.45) is 2.71. The molecule has 0 fully saturated rings. The third-order valence-corrected chi connectivity index (χ3v) is 1.26. The molecule has 2 heteroatoms. The second-order valence-corrected chi connectivity index (χ2v) is 1.91. The highest BCUT2D eigenvalue weighted by molar-refractivity contribution is 5.07. The van der Waals surface area contributed by atoms with Gasteiger partial charge in [-0.3, -0.25) is 4.79 Å². The number of aromatic nitrogens is 1. The van der Waals surface area contributed by atoms with Crippen molar-refractivity contribution < 1.29 is 0 Å². The molecule has 1 rings (SSSR count). The number of rotatable bonds is 1. The van der Waals surface area contributed by atoms with E-state index in [2.05, 4.69) is 4.98 Å². The summed E-state index contributed by atoms with van der Waals surface area (Å²) >= 11 is 0. The molecule has 0 bridgehead atoms. The summed E-state index contributed by atoms with van der Waals surface area (Å²) < 4.78 is 0. The lowest BCUT2D eigenvalue weighted by molar-refractivity contribution is 1.08. The SMILES string of the molecule is CC.CCc1ccc(=O)[nH]c1. The average Bonchev–Trinajstić information content (AvgIpc) is 2.10. The van der Waals surface area contributed by atoms with E-state index in [4.69, 9.17) is 0 Å². The molecule has 62 valence electrons. The highest BCUT2D eigenvalue weighted by atomic mass is 16.1. The number of nitrogens with one attached hydrogen (secondary N) is 1. The van der Waals surface area contributed by atoms with Gasteiger partial charge in [0, 0.05) is 12.3 Å². The van der Waals surface area contributed by atoms with Crippen molar-refractivity contribution in [2.24, 2.45) is 0 Å². The lowest BCUT2D eigenvalue weighted by Crippen LogP contribution is -2.01. The van der Waals surface area contributed by atoms with Crippen LogP contribution in [0.25, 0.3) is 0 Å². The molecule has 0 amide bonds. The van der Waals surface area contributed by atoms with Gasteiger partial charge in [0.05, 0.1) is 0 Å². The van der Waals surface area contributed by atoms with Gasteiger partial charge in [0.2, 0.25) is 5.56 Å². The molecule has 0 aliphatic carbocycles. The molecule has 0 aliphatic heterocycles. The first-order valence-electron chi connectivity index (χ1n) is 4.00. The molecule has 0 spiro atoms. The smallest absolute Gasteiger partial charge is 0.247 e. The van der Waals surface area contributed by atoms with Gasteiger partial charge in [0.15, 0.2) is 0 Å². The Labute approximate surface area is 67.3 Å². The van der Waals surface area contributed by atoms with E-state index in [-0.39, 0.29) is 5.56 Å². The van der Waals surface area contributed by atoms with Crippen molar-refractivity contribution in [3.63, 3.8) is 0 Å². The largest absolute Gasteiger partial charge is 0.329 e. The monoisotopic (exact) mass is 153 g/mol. The van der Waals surface area contributed by atoms with E-state index in [9.17, 15) is 4.79 Å². The zero-order chi connectivity index (χ0) is 8.69. The number of hydrogen-bond donors (Lipinski definition) is 1. The minimum Gasteiger partial charge on any atom is -0.329 e. The van der Waals surface area contributed by atoms with Crippen LogP contribution in [0.1, 0.15) is 26.3 Å². The normalized spacial score (nSPS) is 8.27. The molecule has 0 saturated carbocycles. The van der Waals surface area contributed by atoms with E-state index in [1.54, 1.807) is 12.3 Å². The Bertz CT molecular complexity index is 219. The molecule has 0 atom stereocenters. The van der Waals surface area contributed by atoms with Gasteiger partial charge >= 0.3 is 0 Å². The average molecular weight is 153 g/mol. The van der Waals surface area contributed by atoms with Crippen molar-refractivity contribution >= 4 is 0 Å². The van der Waals surface area contributed by atoms with Crippen molar-refractivity contribution in [1.29, 1.82) is 0 Å². The number of aryl methyl sites for hydroxylation is 1. The minimum absolute atomic E-state index is 0.0350. The lowest BCUT2D eigenvalue weighted by Gasteiger charge is -1.90. The number of pyridine rings is 1. The molecule has 0 aliphatic rings. The Balaban J connectivity index is 0.000000461. The first kappa shape index (κ1) is 9.95. The summed E-state index contributed by atoms with van der Waals surface area (Å²) in [7, 11) is 0. The van der Waals surface area contributed by atoms with Crippen LogP contribution in [0.3, 0.4) is 0 Å². The molecule has 1 aromatic heterocycles. The molecule has 1 heterocycles. The second kappa shape index (κ2) is 5.71. The Morgan fingerprint density at radius 2 is 2.00 bits per heavy atom. The van der Waals surface area contributed by atoms with Crippen LogP contribution in [-0.4, -0.2) is 4.98 Å². The van der Waals surface area contributed by atoms with Gasteiger partial charge in [0.1, 0.15) is 0 Å². The van der Waals surface area contributed by atoms with Crippen molar-refractivity contribution in [2.45, 2.75) is 27.2 Å². The first-order chi connectivity index (χ1) is 5.33. The highest BCUT2D eigenvalue weighted by Crippen LogP contribution is 1.91. The van der Waals surface area contributed by atoms with E-state index in [0.717, 1.165) is 12.0 Å². The van der Waals surface area contributed by atoms with Crippen LogP contribution in [0.5, 0.6) is 0 Å². The summed E-state index contributed by atoms with van der Waals surface area (Å²) in [5.74, 6) is 0. The van der Waals surface area contributed by atoms with Crippen molar-refractivity contribution in [2.75, 3.05) is 0 Å². The maximum absolute atomic E-state index is 10.5. The number of hydrogen-bond acceptors (Lipinski definition) is 1. The molecule has 11 heavy (non-hydrogen) atoms. The molecule has 1 aromatic rings. The Morgan fingerprint density at radius 1 is 1.36 bits per heavy atom. The zero-order valence-electron chi connectivity index (χ0n) is 7.35. The summed E-state index contributed by atoms with van der Waals surface area (Å²) in [5.41, 5.74) is 1.13.